The average molecular weight is 461 g/mol. The van der Waals surface area contributed by atoms with Crippen LogP contribution in [0.15, 0.2) is 22.3 Å². The van der Waals surface area contributed by atoms with Crippen LogP contribution in [0.5, 0.6) is 0 Å². The van der Waals surface area contributed by atoms with Gasteiger partial charge in [-0.1, -0.05) is 110 Å². The van der Waals surface area contributed by atoms with Crippen LogP contribution in [0.3, 0.4) is 0 Å². The molecule has 4 nitrogen and oxygen atoms in total. The summed E-state index contributed by atoms with van der Waals surface area (Å²) < 4.78 is 0. The molecule has 0 saturated heterocycles. The summed E-state index contributed by atoms with van der Waals surface area (Å²) in [4.78, 5) is 0. The van der Waals surface area contributed by atoms with Crippen molar-refractivity contribution in [2.24, 2.45) is 5.92 Å². The van der Waals surface area contributed by atoms with Crippen molar-refractivity contribution in [1.29, 1.82) is 21.0 Å². The molecule has 0 aromatic rings. The first kappa shape index (κ1) is 29.5. The Labute approximate surface area is 209 Å². The zero-order valence-electron chi connectivity index (χ0n) is 21.5. The lowest BCUT2D eigenvalue weighted by Gasteiger charge is -2.27. The number of nitriles is 4. The molecule has 1 aliphatic carbocycles. The fraction of sp³-hybridized carbons (Fsp3) is 0.733. The lowest BCUT2D eigenvalue weighted by atomic mass is 9.75. The van der Waals surface area contributed by atoms with Crippen LogP contribution in [0.25, 0.3) is 0 Å². The van der Waals surface area contributed by atoms with Crippen molar-refractivity contribution < 1.29 is 0 Å². The van der Waals surface area contributed by atoms with Crippen LogP contribution in [-0.2, 0) is 0 Å². The van der Waals surface area contributed by atoms with Crippen LogP contribution in [0.2, 0.25) is 0 Å². The molecule has 0 radical (unpaired) electrons. The first-order valence-corrected chi connectivity index (χ1v) is 13.8. The van der Waals surface area contributed by atoms with Gasteiger partial charge in [0, 0.05) is 0 Å². The molecule has 0 aliphatic heterocycles. The van der Waals surface area contributed by atoms with E-state index in [2.05, 4.69) is 19.1 Å². The molecule has 1 fully saturated rings. The summed E-state index contributed by atoms with van der Waals surface area (Å²) in [5.41, 5.74) is 2.28. The molecule has 0 aromatic carbocycles. The third kappa shape index (κ3) is 12.1. The molecule has 1 atom stereocenters. The van der Waals surface area contributed by atoms with Crippen molar-refractivity contribution >= 4 is 0 Å². The van der Waals surface area contributed by atoms with Crippen molar-refractivity contribution in [2.45, 2.75) is 135 Å². The summed E-state index contributed by atoms with van der Waals surface area (Å²) in [6.45, 7) is 2.27. The Morgan fingerprint density at radius 1 is 0.588 bits per heavy atom. The molecule has 184 valence electrons. The first-order valence-electron chi connectivity index (χ1n) is 13.8. The second-order valence-electron chi connectivity index (χ2n) is 9.82. The molecular weight excluding hydrogens is 416 g/mol. The number of hydrogen-bond acceptors (Lipinski definition) is 4. The van der Waals surface area contributed by atoms with E-state index in [4.69, 9.17) is 0 Å². The largest absolute Gasteiger partial charge is 0.192 e. The second kappa shape index (κ2) is 19.9. The molecule has 0 spiro atoms. The summed E-state index contributed by atoms with van der Waals surface area (Å²) in [6.07, 6.45) is 24.1. The van der Waals surface area contributed by atoms with Gasteiger partial charge in [0.05, 0.1) is 0 Å². The predicted molar refractivity (Wildman–Crippen MR) is 138 cm³/mol. The maximum atomic E-state index is 9.33. The van der Waals surface area contributed by atoms with E-state index >= 15 is 0 Å². The molecule has 1 aliphatic rings. The molecule has 0 heterocycles. The summed E-state index contributed by atoms with van der Waals surface area (Å²) in [5, 5.41) is 37.1. The predicted octanol–water partition coefficient (Wildman–Crippen LogP) is 9.13. The Hall–Kier alpha value is -2.56. The number of allylic oxidation sites excluding steroid dienone is 4. The van der Waals surface area contributed by atoms with E-state index in [0.717, 1.165) is 24.0 Å². The van der Waals surface area contributed by atoms with Crippen molar-refractivity contribution in [3.63, 3.8) is 0 Å². The fourth-order valence-corrected chi connectivity index (χ4v) is 5.14. The minimum Gasteiger partial charge on any atom is -0.192 e. The van der Waals surface area contributed by atoms with E-state index in [1.165, 1.54) is 96.3 Å². The summed E-state index contributed by atoms with van der Waals surface area (Å²) in [6, 6.07) is 8.13. The zero-order valence-corrected chi connectivity index (χ0v) is 21.5. The second-order valence-corrected chi connectivity index (χ2v) is 9.82. The number of rotatable bonds is 17. The highest BCUT2D eigenvalue weighted by atomic mass is 14.4. The van der Waals surface area contributed by atoms with Crippen molar-refractivity contribution in [1.82, 2.24) is 0 Å². The zero-order chi connectivity index (χ0) is 24.9. The average Bonchev–Trinajstić information content (AvgIpc) is 2.86. The molecule has 0 N–H and O–H groups in total. The molecule has 1 rings (SSSR count). The standard InChI is InChI=1S/C30H44N4/c1-2-3-4-5-6-7-8-9-10-11-12-13-14-15-16-17-18-27-21-26(28(22-31)23-32)19-20-30(27)29(24-33)25-34/h27H,2-21H2,1H3. The Bertz CT molecular complexity index is 775. The number of unbranched alkanes of at least 4 members (excludes halogenated alkanes) is 15. The van der Waals surface area contributed by atoms with Crippen LogP contribution in [0.1, 0.15) is 135 Å². The van der Waals surface area contributed by atoms with Crippen LogP contribution < -0.4 is 0 Å². The van der Waals surface area contributed by atoms with Gasteiger partial charge in [-0.15, -0.1) is 0 Å². The highest BCUT2D eigenvalue weighted by molar-refractivity contribution is 5.46. The van der Waals surface area contributed by atoms with Crippen LogP contribution in [0.4, 0.5) is 0 Å². The summed E-state index contributed by atoms with van der Waals surface area (Å²) in [5.74, 6) is 0.112. The van der Waals surface area contributed by atoms with Gasteiger partial charge in [-0.3, -0.25) is 0 Å². The van der Waals surface area contributed by atoms with Gasteiger partial charge < -0.3 is 0 Å². The van der Waals surface area contributed by atoms with Gasteiger partial charge in [0.1, 0.15) is 35.4 Å². The SMILES string of the molecule is CCCCCCCCCCCCCCCCCCC1CC(=C(C#N)C#N)CCC1=C(C#N)C#N. The van der Waals surface area contributed by atoms with Crippen LogP contribution >= 0.6 is 0 Å². The minimum atomic E-state index is 0.112. The quantitative estimate of drug-likeness (QED) is 0.160. The maximum absolute atomic E-state index is 9.33. The van der Waals surface area contributed by atoms with E-state index < -0.39 is 0 Å². The molecule has 1 unspecified atom stereocenters. The lowest BCUT2D eigenvalue weighted by molar-refractivity contribution is 0.456. The molecule has 0 aromatic heterocycles. The lowest BCUT2D eigenvalue weighted by Crippen LogP contribution is -2.15. The Balaban J connectivity index is 2.20. The summed E-state index contributed by atoms with van der Waals surface area (Å²) in [7, 11) is 0. The van der Waals surface area contributed by atoms with Crippen LogP contribution in [-0.4, -0.2) is 0 Å². The third-order valence-electron chi connectivity index (χ3n) is 7.21. The van der Waals surface area contributed by atoms with Crippen molar-refractivity contribution in [3.05, 3.63) is 22.3 Å². The topological polar surface area (TPSA) is 95.2 Å². The van der Waals surface area contributed by atoms with E-state index in [9.17, 15) is 21.0 Å². The molecule has 0 amide bonds. The molecule has 0 bridgehead atoms. The Morgan fingerprint density at radius 2 is 1.00 bits per heavy atom. The van der Waals surface area contributed by atoms with Gasteiger partial charge in [0.15, 0.2) is 0 Å². The van der Waals surface area contributed by atoms with Crippen molar-refractivity contribution in [3.8, 4) is 24.3 Å². The normalized spacial score (nSPS) is 15.1. The fourth-order valence-electron chi connectivity index (χ4n) is 5.14. The first-order chi connectivity index (χ1) is 16.7. The van der Waals surface area contributed by atoms with Crippen molar-refractivity contribution in [2.75, 3.05) is 0 Å². The number of hydrogen-bond donors (Lipinski definition) is 0. The molecule has 34 heavy (non-hydrogen) atoms. The molecule has 4 heteroatoms. The third-order valence-corrected chi connectivity index (χ3v) is 7.21. The maximum Gasteiger partial charge on any atom is 0.129 e. The van der Waals surface area contributed by atoms with Crippen LogP contribution in [0, 0.1) is 51.2 Å². The molecular formula is C30H44N4. The smallest absolute Gasteiger partial charge is 0.129 e. The van der Waals surface area contributed by atoms with Gasteiger partial charge in [0.25, 0.3) is 0 Å². The summed E-state index contributed by atoms with van der Waals surface area (Å²) >= 11 is 0. The van der Waals surface area contributed by atoms with E-state index in [1.807, 2.05) is 12.1 Å². The minimum absolute atomic E-state index is 0.112. The Morgan fingerprint density at radius 3 is 1.41 bits per heavy atom. The highest BCUT2D eigenvalue weighted by Crippen LogP contribution is 2.39. The van der Waals surface area contributed by atoms with Gasteiger partial charge >= 0.3 is 0 Å². The van der Waals surface area contributed by atoms with Gasteiger partial charge in [-0.05, 0) is 42.7 Å². The van der Waals surface area contributed by atoms with E-state index in [-0.39, 0.29) is 17.1 Å². The van der Waals surface area contributed by atoms with Gasteiger partial charge in [-0.25, -0.2) is 0 Å². The van der Waals surface area contributed by atoms with Gasteiger partial charge in [0.2, 0.25) is 0 Å². The van der Waals surface area contributed by atoms with E-state index in [1.54, 1.807) is 0 Å². The van der Waals surface area contributed by atoms with Gasteiger partial charge in [-0.2, -0.15) is 21.0 Å². The number of nitrogens with zero attached hydrogens (tertiary/aromatic N) is 4. The highest BCUT2D eigenvalue weighted by Gasteiger charge is 2.26. The monoisotopic (exact) mass is 460 g/mol. The van der Waals surface area contributed by atoms with E-state index in [0.29, 0.717) is 19.3 Å². The Kier molecular flexibility index (Phi) is 17.2. The molecule has 1 saturated carbocycles.